The first-order valence-corrected chi connectivity index (χ1v) is 5.45. The molecule has 0 aliphatic rings. The van der Waals surface area contributed by atoms with Crippen LogP contribution in [0.3, 0.4) is 0 Å². The van der Waals surface area contributed by atoms with Crippen molar-refractivity contribution in [2.24, 2.45) is 0 Å². The van der Waals surface area contributed by atoms with Crippen LogP contribution in [0, 0.1) is 0 Å². The molecule has 0 radical (unpaired) electrons. The molecular formula is C12H15N3O3. The van der Waals surface area contributed by atoms with E-state index >= 15 is 0 Å². The number of imidazole rings is 1. The molecule has 2 aromatic rings. The zero-order valence-electron chi connectivity index (χ0n) is 10.3. The number of hydrogen-bond acceptors (Lipinski definition) is 5. The Balaban J connectivity index is 2.28. The lowest BCUT2D eigenvalue weighted by Gasteiger charge is -2.11. The first-order valence-electron chi connectivity index (χ1n) is 5.45. The maximum atomic E-state index is 8.96. The normalized spacial score (nSPS) is 10.4. The van der Waals surface area contributed by atoms with E-state index < -0.39 is 0 Å². The first-order chi connectivity index (χ1) is 8.78. The third-order valence-electron chi connectivity index (χ3n) is 2.55. The molecule has 0 spiro atoms. The maximum absolute atomic E-state index is 8.96. The van der Waals surface area contributed by atoms with E-state index in [1.165, 1.54) is 0 Å². The van der Waals surface area contributed by atoms with Gasteiger partial charge in [-0.1, -0.05) is 0 Å². The number of rotatable bonds is 5. The van der Waals surface area contributed by atoms with Gasteiger partial charge in [0.05, 0.1) is 39.4 Å². The molecule has 0 saturated heterocycles. The number of ether oxygens (including phenoxy) is 2. The molecule has 0 fully saturated rings. The van der Waals surface area contributed by atoms with Crippen LogP contribution in [0.1, 0.15) is 11.4 Å². The third kappa shape index (κ3) is 2.43. The van der Waals surface area contributed by atoms with Crippen molar-refractivity contribution in [3.05, 3.63) is 36.2 Å². The first kappa shape index (κ1) is 12.4. The molecular weight excluding hydrogens is 234 g/mol. The molecule has 1 N–H and O–H groups in total. The van der Waals surface area contributed by atoms with Crippen LogP contribution in [0.25, 0.3) is 0 Å². The Kier molecular flexibility index (Phi) is 3.78. The monoisotopic (exact) mass is 249 g/mol. The highest BCUT2D eigenvalue weighted by molar-refractivity contribution is 5.42. The van der Waals surface area contributed by atoms with Gasteiger partial charge in [0.2, 0.25) is 0 Å². The van der Waals surface area contributed by atoms with Crippen molar-refractivity contribution in [2.75, 3.05) is 14.2 Å². The standard InChI is InChI=1S/C12H15N3O3/c1-17-11-3-4-13-10(12(11)18-2)6-15-5-9(7-16)14-8-15/h3-5,8,16H,6-7H2,1-2H3. The van der Waals surface area contributed by atoms with E-state index in [2.05, 4.69) is 9.97 Å². The predicted octanol–water partition coefficient (Wildman–Crippen LogP) is 0.836. The van der Waals surface area contributed by atoms with E-state index in [0.29, 0.717) is 23.7 Å². The third-order valence-corrected chi connectivity index (χ3v) is 2.55. The van der Waals surface area contributed by atoms with Gasteiger partial charge in [0, 0.05) is 18.5 Å². The molecule has 6 heteroatoms. The summed E-state index contributed by atoms with van der Waals surface area (Å²) in [6, 6.07) is 1.75. The Morgan fingerprint density at radius 3 is 2.72 bits per heavy atom. The number of aromatic nitrogens is 3. The molecule has 0 aliphatic heterocycles. The van der Waals surface area contributed by atoms with E-state index in [4.69, 9.17) is 14.6 Å². The van der Waals surface area contributed by atoms with Gasteiger partial charge in [0.15, 0.2) is 11.5 Å². The Morgan fingerprint density at radius 2 is 2.11 bits per heavy atom. The number of pyridine rings is 1. The van der Waals surface area contributed by atoms with Gasteiger partial charge in [-0.2, -0.15) is 0 Å². The second-order valence-corrected chi connectivity index (χ2v) is 3.69. The second kappa shape index (κ2) is 5.50. The molecule has 0 aliphatic carbocycles. The summed E-state index contributed by atoms with van der Waals surface area (Å²) in [6.45, 7) is 0.434. The van der Waals surface area contributed by atoms with Crippen LogP contribution in [-0.2, 0) is 13.2 Å². The Hall–Kier alpha value is -2.08. The molecule has 96 valence electrons. The van der Waals surface area contributed by atoms with Crippen molar-refractivity contribution in [3.8, 4) is 11.5 Å². The van der Waals surface area contributed by atoms with Crippen LogP contribution in [-0.4, -0.2) is 33.9 Å². The molecule has 0 saturated carbocycles. The summed E-state index contributed by atoms with van der Waals surface area (Å²) in [5.74, 6) is 1.25. The second-order valence-electron chi connectivity index (χ2n) is 3.69. The van der Waals surface area contributed by atoms with Gasteiger partial charge in [-0.25, -0.2) is 4.98 Å². The molecule has 6 nitrogen and oxygen atoms in total. The van der Waals surface area contributed by atoms with E-state index in [9.17, 15) is 0 Å². The summed E-state index contributed by atoms with van der Waals surface area (Å²) in [5.41, 5.74) is 1.37. The minimum absolute atomic E-state index is 0.0737. The molecule has 0 amide bonds. The van der Waals surface area contributed by atoms with E-state index in [-0.39, 0.29) is 6.61 Å². The number of aliphatic hydroxyl groups is 1. The number of aliphatic hydroxyl groups excluding tert-OH is 1. The van der Waals surface area contributed by atoms with Crippen molar-refractivity contribution in [1.82, 2.24) is 14.5 Å². The molecule has 2 aromatic heterocycles. The van der Waals surface area contributed by atoms with Gasteiger partial charge < -0.3 is 19.1 Å². The van der Waals surface area contributed by atoms with Crippen LogP contribution < -0.4 is 9.47 Å². The lowest BCUT2D eigenvalue weighted by Crippen LogP contribution is -2.03. The fourth-order valence-corrected chi connectivity index (χ4v) is 1.71. The van der Waals surface area contributed by atoms with Crippen molar-refractivity contribution < 1.29 is 14.6 Å². The average molecular weight is 249 g/mol. The van der Waals surface area contributed by atoms with Gasteiger partial charge in [-0.05, 0) is 0 Å². The average Bonchev–Trinajstić information content (AvgIpc) is 2.86. The largest absolute Gasteiger partial charge is 0.493 e. The van der Waals surface area contributed by atoms with Gasteiger partial charge in [-0.3, -0.25) is 4.98 Å². The molecule has 2 heterocycles. The highest BCUT2D eigenvalue weighted by Crippen LogP contribution is 2.29. The lowest BCUT2D eigenvalue weighted by molar-refractivity contribution is 0.277. The predicted molar refractivity (Wildman–Crippen MR) is 64.6 cm³/mol. The van der Waals surface area contributed by atoms with Crippen molar-refractivity contribution >= 4 is 0 Å². The van der Waals surface area contributed by atoms with Crippen LogP contribution >= 0.6 is 0 Å². The maximum Gasteiger partial charge on any atom is 0.184 e. The molecule has 2 rings (SSSR count). The zero-order valence-corrected chi connectivity index (χ0v) is 10.3. The number of methoxy groups -OCH3 is 2. The minimum atomic E-state index is -0.0737. The van der Waals surface area contributed by atoms with Gasteiger partial charge in [0.25, 0.3) is 0 Å². The molecule has 0 unspecified atom stereocenters. The van der Waals surface area contributed by atoms with Crippen LogP contribution in [0.4, 0.5) is 0 Å². The highest BCUT2D eigenvalue weighted by atomic mass is 16.5. The Bertz CT molecular complexity index is 525. The minimum Gasteiger partial charge on any atom is -0.493 e. The lowest BCUT2D eigenvalue weighted by atomic mass is 10.3. The molecule has 0 atom stereocenters. The smallest absolute Gasteiger partial charge is 0.184 e. The van der Waals surface area contributed by atoms with Crippen LogP contribution in [0.5, 0.6) is 11.5 Å². The van der Waals surface area contributed by atoms with Gasteiger partial charge in [0.1, 0.15) is 5.69 Å². The SMILES string of the molecule is COc1ccnc(Cn2cnc(CO)c2)c1OC. The van der Waals surface area contributed by atoms with Crippen molar-refractivity contribution in [2.45, 2.75) is 13.2 Å². The topological polar surface area (TPSA) is 69.4 Å². The summed E-state index contributed by atoms with van der Waals surface area (Å²) in [4.78, 5) is 8.31. The Labute approximate surface area is 105 Å². The quantitative estimate of drug-likeness (QED) is 0.850. The summed E-state index contributed by atoms with van der Waals surface area (Å²) in [6.07, 6.45) is 5.08. The highest BCUT2D eigenvalue weighted by Gasteiger charge is 2.11. The molecule has 18 heavy (non-hydrogen) atoms. The van der Waals surface area contributed by atoms with Gasteiger partial charge >= 0.3 is 0 Å². The van der Waals surface area contributed by atoms with E-state index in [1.54, 1.807) is 39.0 Å². The van der Waals surface area contributed by atoms with Crippen molar-refractivity contribution in [1.29, 1.82) is 0 Å². The summed E-state index contributed by atoms with van der Waals surface area (Å²) in [7, 11) is 3.17. The van der Waals surface area contributed by atoms with Crippen LogP contribution in [0.2, 0.25) is 0 Å². The summed E-state index contributed by atoms with van der Waals surface area (Å²) < 4.78 is 12.3. The fraction of sp³-hybridized carbons (Fsp3) is 0.333. The van der Waals surface area contributed by atoms with Crippen molar-refractivity contribution in [3.63, 3.8) is 0 Å². The van der Waals surface area contributed by atoms with E-state index in [1.807, 2.05) is 4.57 Å². The Morgan fingerprint density at radius 1 is 1.28 bits per heavy atom. The summed E-state index contributed by atoms with van der Waals surface area (Å²) >= 11 is 0. The van der Waals surface area contributed by atoms with Crippen LogP contribution in [0.15, 0.2) is 24.8 Å². The molecule has 0 bridgehead atoms. The molecule has 0 aromatic carbocycles. The van der Waals surface area contributed by atoms with E-state index in [0.717, 1.165) is 5.69 Å². The number of hydrogen-bond donors (Lipinski definition) is 1. The zero-order chi connectivity index (χ0) is 13.0. The fourth-order valence-electron chi connectivity index (χ4n) is 1.71. The summed E-state index contributed by atoms with van der Waals surface area (Å²) in [5, 5.41) is 8.96. The number of nitrogens with zero attached hydrogens (tertiary/aromatic N) is 3. The van der Waals surface area contributed by atoms with Gasteiger partial charge in [-0.15, -0.1) is 0 Å².